The van der Waals surface area contributed by atoms with E-state index in [4.69, 9.17) is 5.73 Å². The first kappa shape index (κ1) is 17.8. The average molecular weight is 375 g/mol. The number of benzene rings is 1. The zero-order chi connectivity index (χ0) is 19.0. The predicted molar refractivity (Wildman–Crippen MR) is 95.3 cm³/mol. The molecule has 134 valence electrons. The molecule has 0 unspecified atom stereocenters. The number of amides is 1. The van der Waals surface area contributed by atoms with Gasteiger partial charge in [0.15, 0.2) is 11.5 Å². The van der Waals surface area contributed by atoms with Crippen LogP contribution in [0.5, 0.6) is 0 Å². The summed E-state index contributed by atoms with van der Waals surface area (Å²) in [6.45, 7) is 0. The topological polar surface area (TPSA) is 113 Å². The molecule has 2 aromatic heterocycles. The molecule has 1 aromatic carbocycles. The number of nitrogens with two attached hydrogens (primary N) is 1. The molecule has 3 rings (SSSR count). The van der Waals surface area contributed by atoms with Gasteiger partial charge in [-0.05, 0) is 12.1 Å². The lowest BCUT2D eigenvalue weighted by molar-refractivity contribution is -0.115. The fraction of sp³-hybridized carbons (Fsp3) is 0.188. The molecule has 0 aliphatic carbocycles. The van der Waals surface area contributed by atoms with E-state index in [1.54, 1.807) is 6.07 Å². The molecule has 0 spiro atoms. The van der Waals surface area contributed by atoms with Gasteiger partial charge in [0.05, 0.1) is 11.3 Å². The van der Waals surface area contributed by atoms with Crippen LogP contribution < -0.4 is 17.0 Å². The Bertz CT molecular complexity index is 1160. The van der Waals surface area contributed by atoms with Gasteiger partial charge in [-0.2, -0.15) is 0 Å². The maximum Gasteiger partial charge on any atom is 0.332 e. The van der Waals surface area contributed by atoms with Crippen LogP contribution in [-0.2, 0) is 18.9 Å². The molecule has 0 saturated carbocycles. The van der Waals surface area contributed by atoms with Crippen molar-refractivity contribution < 1.29 is 9.18 Å². The van der Waals surface area contributed by atoms with Gasteiger partial charge in [0.2, 0.25) is 5.91 Å². The molecule has 26 heavy (non-hydrogen) atoms. The Labute approximate surface area is 150 Å². The van der Waals surface area contributed by atoms with Crippen LogP contribution in [0.1, 0.15) is 0 Å². The highest BCUT2D eigenvalue weighted by molar-refractivity contribution is 8.00. The number of nitrogens with zero attached hydrogens (tertiary/aromatic N) is 4. The van der Waals surface area contributed by atoms with Crippen molar-refractivity contribution in [1.82, 2.24) is 19.1 Å². The molecule has 0 aliphatic heterocycles. The minimum atomic E-state index is -0.602. The molecule has 0 bridgehead atoms. The lowest BCUT2D eigenvalue weighted by Crippen LogP contribution is -2.37. The van der Waals surface area contributed by atoms with Gasteiger partial charge in [-0.15, -0.1) is 0 Å². The molecule has 3 aromatic rings. The van der Waals surface area contributed by atoms with Crippen LogP contribution >= 0.6 is 11.8 Å². The molecular formula is C16H14FN5O3S. The number of aromatic nitrogens is 4. The van der Waals surface area contributed by atoms with Crippen LogP contribution in [0, 0.1) is 5.82 Å². The number of aryl methyl sites for hydroxylation is 1. The predicted octanol–water partition coefficient (Wildman–Crippen LogP) is 0.411. The van der Waals surface area contributed by atoms with Crippen LogP contribution in [0.2, 0.25) is 0 Å². The van der Waals surface area contributed by atoms with Crippen LogP contribution in [0.15, 0.2) is 38.9 Å². The molecule has 0 radical (unpaired) electrons. The largest absolute Gasteiger partial charge is 0.369 e. The van der Waals surface area contributed by atoms with Crippen molar-refractivity contribution in [2.24, 2.45) is 19.8 Å². The lowest BCUT2D eigenvalue weighted by atomic mass is 10.2. The minimum absolute atomic E-state index is 0.00539. The maximum atomic E-state index is 14.1. The Morgan fingerprint density at radius 2 is 1.88 bits per heavy atom. The van der Waals surface area contributed by atoms with E-state index in [0.717, 1.165) is 16.3 Å². The first-order valence-electron chi connectivity index (χ1n) is 7.45. The molecule has 1 amide bonds. The van der Waals surface area contributed by atoms with Crippen molar-refractivity contribution in [2.45, 2.75) is 5.03 Å². The monoisotopic (exact) mass is 375 g/mol. The fourth-order valence-electron chi connectivity index (χ4n) is 2.44. The van der Waals surface area contributed by atoms with E-state index < -0.39 is 23.0 Å². The molecular weight excluding hydrogens is 361 g/mol. The molecule has 2 heterocycles. The quantitative estimate of drug-likeness (QED) is 0.522. The van der Waals surface area contributed by atoms with Crippen molar-refractivity contribution in [1.29, 1.82) is 0 Å². The van der Waals surface area contributed by atoms with Gasteiger partial charge >= 0.3 is 5.69 Å². The summed E-state index contributed by atoms with van der Waals surface area (Å²) < 4.78 is 16.2. The summed E-state index contributed by atoms with van der Waals surface area (Å²) in [5.41, 5.74) is 4.17. The van der Waals surface area contributed by atoms with E-state index in [0.29, 0.717) is 0 Å². The fourth-order valence-corrected chi connectivity index (χ4v) is 3.19. The van der Waals surface area contributed by atoms with E-state index in [9.17, 15) is 18.8 Å². The standard InChI is InChI=1S/C16H14FN5O3S/c1-21-13-11(15(24)22(2)16(21)25)14(26-7-10(18)23)20-12(19-13)8-5-3-4-6-9(8)17/h3-6H,7H2,1-2H3,(H2,18,23). The number of thioether (sulfide) groups is 1. The number of halogens is 1. The van der Waals surface area contributed by atoms with Crippen molar-refractivity contribution in [3.63, 3.8) is 0 Å². The first-order valence-corrected chi connectivity index (χ1v) is 8.43. The Hall–Kier alpha value is -3.01. The summed E-state index contributed by atoms with van der Waals surface area (Å²) in [6.07, 6.45) is 0. The summed E-state index contributed by atoms with van der Waals surface area (Å²) in [5.74, 6) is -1.28. The van der Waals surface area contributed by atoms with Crippen LogP contribution in [-0.4, -0.2) is 30.8 Å². The van der Waals surface area contributed by atoms with Gasteiger partial charge in [-0.25, -0.2) is 19.2 Å². The Morgan fingerprint density at radius 3 is 2.54 bits per heavy atom. The number of rotatable bonds is 4. The van der Waals surface area contributed by atoms with Crippen molar-refractivity contribution in [3.8, 4) is 11.4 Å². The van der Waals surface area contributed by atoms with Crippen LogP contribution in [0.4, 0.5) is 4.39 Å². The van der Waals surface area contributed by atoms with Gasteiger partial charge in [0.25, 0.3) is 5.56 Å². The molecule has 0 aliphatic rings. The normalized spacial score (nSPS) is 11.0. The number of carbonyl (C=O) groups excluding carboxylic acids is 1. The maximum absolute atomic E-state index is 14.1. The van der Waals surface area contributed by atoms with Gasteiger partial charge in [0, 0.05) is 14.1 Å². The number of primary amides is 1. The lowest BCUT2D eigenvalue weighted by Gasteiger charge is -2.11. The SMILES string of the molecule is Cn1c(=O)c2c(SCC(N)=O)nc(-c3ccccc3F)nc2n(C)c1=O. The Morgan fingerprint density at radius 1 is 1.19 bits per heavy atom. The Balaban J connectivity index is 2.40. The molecule has 2 N–H and O–H groups in total. The van der Waals surface area contributed by atoms with Gasteiger partial charge in [0.1, 0.15) is 16.2 Å². The molecule has 0 fully saturated rings. The Kier molecular flexibility index (Phi) is 4.60. The van der Waals surface area contributed by atoms with Crippen LogP contribution in [0.25, 0.3) is 22.4 Å². The summed E-state index contributed by atoms with van der Waals surface area (Å²) in [6, 6.07) is 5.87. The zero-order valence-electron chi connectivity index (χ0n) is 13.9. The molecule has 0 atom stereocenters. The highest BCUT2D eigenvalue weighted by atomic mass is 32.2. The number of fused-ring (bicyclic) bond motifs is 1. The van der Waals surface area contributed by atoms with Crippen molar-refractivity contribution in [2.75, 3.05) is 5.75 Å². The number of hydrogen-bond donors (Lipinski definition) is 1. The smallest absolute Gasteiger partial charge is 0.332 e. The summed E-state index contributed by atoms with van der Waals surface area (Å²) in [5, 5.41) is 0.226. The van der Waals surface area contributed by atoms with Crippen LogP contribution in [0.3, 0.4) is 0 Å². The highest BCUT2D eigenvalue weighted by Gasteiger charge is 2.19. The van der Waals surface area contributed by atoms with E-state index in [1.165, 1.54) is 36.9 Å². The first-order chi connectivity index (χ1) is 12.3. The third kappa shape index (κ3) is 2.99. The summed E-state index contributed by atoms with van der Waals surface area (Å²) in [4.78, 5) is 44.4. The highest BCUT2D eigenvalue weighted by Crippen LogP contribution is 2.26. The molecule has 10 heteroatoms. The number of carbonyl (C=O) groups is 1. The van der Waals surface area contributed by atoms with Gasteiger partial charge < -0.3 is 5.73 Å². The van der Waals surface area contributed by atoms with Crippen molar-refractivity contribution >= 4 is 28.7 Å². The average Bonchev–Trinajstić information content (AvgIpc) is 2.62. The third-order valence-corrected chi connectivity index (χ3v) is 4.73. The second kappa shape index (κ2) is 6.71. The third-order valence-electron chi connectivity index (χ3n) is 3.73. The van der Waals surface area contributed by atoms with E-state index >= 15 is 0 Å². The molecule has 8 nitrogen and oxygen atoms in total. The van der Waals surface area contributed by atoms with Gasteiger partial charge in [-0.1, -0.05) is 23.9 Å². The van der Waals surface area contributed by atoms with Gasteiger partial charge in [-0.3, -0.25) is 18.7 Å². The number of hydrogen-bond acceptors (Lipinski definition) is 6. The molecule has 0 saturated heterocycles. The van der Waals surface area contributed by atoms with E-state index in [1.807, 2.05) is 0 Å². The zero-order valence-corrected chi connectivity index (χ0v) is 14.7. The second-order valence-electron chi connectivity index (χ2n) is 5.49. The van der Waals surface area contributed by atoms with Crippen molar-refractivity contribution in [3.05, 3.63) is 50.9 Å². The summed E-state index contributed by atoms with van der Waals surface area (Å²) >= 11 is 0.933. The van der Waals surface area contributed by atoms with E-state index in [-0.39, 0.29) is 33.2 Å². The second-order valence-corrected chi connectivity index (χ2v) is 6.46. The van der Waals surface area contributed by atoms with E-state index in [2.05, 4.69) is 9.97 Å². The summed E-state index contributed by atoms with van der Waals surface area (Å²) in [7, 11) is 2.78. The minimum Gasteiger partial charge on any atom is -0.369 e.